The Kier molecular flexibility index (Phi) is 5.80. The van der Waals surface area contributed by atoms with E-state index in [4.69, 9.17) is 0 Å². The first-order chi connectivity index (χ1) is 15.1. The van der Waals surface area contributed by atoms with Gasteiger partial charge in [-0.3, -0.25) is 9.59 Å². The lowest BCUT2D eigenvalue weighted by Crippen LogP contribution is -2.17. The minimum absolute atomic E-state index is 0.0687. The highest BCUT2D eigenvalue weighted by molar-refractivity contribution is 6.09. The van der Waals surface area contributed by atoms with Gasteiger partial charge in [-0.15, -0.1) is 0 Å². The molecule has 0 spiro atoms. The molecule has 0 saturated carbocycles. The third-order valence-electron chi connectivity index (χ3n) is 5.24. The molecule has 6 heteroatoms. The first-order valence-electron chi connectivity index (χ1n) is 10.3. The summed E-state index contributed by atoms with van der Waals surface area (Å²) in [5.74, 6) is -0.380. The third-order valence-corrected chi connectivity index (χ3v) is 5.24. The van der Waals surface area contributed by atoms with Crippen LogP contribution in [0.25, 0.3) is 21.8 Å². The summed E-state index contributed by atoms with van der Waals surface area (Å²) in [7, 11) is 0. The van der Waals surface area contributed by atoms with E-state index in [-0.39, 0.29) is 11.8 Å². The van der Waals surface area contributed by atoms with Gasteiger partial charge in [0.05, 0.1) is 6.21 Å². The van der Waals surface area contributed by atoms with Gasteiger partial charge in [0.1, 0.15) is 0 Å². The van der Waals surface area contributed by atoms with Crippen molar-refractivity contribution < 1.29 is 9.59 Å². The van der Waals surface area contributed by atoms with Crippen LogP contribution in [-0.2, 0) is 11.3 Å². The highest BCUT2D eigenvalue weighted by atomic mass is 16.2. The van der Waals surface area contributed by atoms with Crippen molar-refractivity contribution in [3.8, 4) is 0 Å². The number of para-hydroxylation sites is 1. The summed E-state index contributed by atoms with van der Waals surface area (Å²) in [6.07, 6.45) is 2.05. The molecule has 0 saturated heterocycles. The number of hydrazone groups is 1. The van der Waals surface area contributed by atoms with Crippen LogP contribution in [0.1, 0.15) is 36.2 Å². The number of carbonyl (C=O) groups excluding carboxylic acids is 2. The van der Waals surface area contributed by atoms with Gasteiger partial charge in [0.15, 0.2) is 0 Å². The van der Waals surface area contributed by atoms with Gasteiger partial charge < -0.3 is 9.88 Å². The molecule has 0 unspecified atom stereocenters. The summed E-state index contributed by atoms with van der Waals surface area (Å²) in [6, 6.07) is 21.2. The molecular weight excluding hydrogens is 388 g/mol. The average Bonchev–Trinajstić information content (AvgIpc) is 3.12. The van der Waals surface area contributed by atoms with Crippen LogP contribution in [0.4, 0.5) is 5.69 Å². The number of anilines is 1. The zero-order valence-corrected chi connectivity index (χ0v) is 17.6. The number of nitrogens with zero attached hydrogens (tertiary/aromatic N) is 2. The Labute approximate surface area is 180 Å². The lowest BCUT2D eigenvalue weighted by molar-refractivity contribution is -0.115. The Morgan fingerprint density at radius 3 is 2.42 bits per heavy atom. The summed E-state index contributed by atoms with van der Waals surface area (Å²) in [5, 5.41) is 9.24. The fourth-order valence-corrected chi connectivity index (χ4v) is 3.68. The van der Waals surface area contributed by atoms with Crippen LogP contribution < -0.4 is 10.7 Å². The van der Waals surface area contributed by atoms with Crippen molar-refractivity contribution in [3.05, 3.63) is 77.9 Å². The molecule has 0 bridgehead atoms. The van der Waals surface area contributed by atoms with Crippen LogP contribution in [0, 0.1) is 0 Å². The van der Waals surface area contributed by atoms with Crippen LogP contribution in [0.15, 0.2) is 71.8 Å². The van der Waals surface area contributed by atoms with Gasteiger partial charge in [0, 0.05) is 46.0 Å². The lowest BCUT2D eigenvalue weighted by Gasteiger charge is -2.05. The molecule has 0 fully saturated rings. The number of nitrogens with one attached hydrogen (secondary N) is 2. The number of aryl methyl sites for hydroxylation is 1. The molecule has 3 aromatic carbocycles. The van der Waals surface area contributed by atoms with E-state index in [9.17, 15) is 9.59 Å². The highest BCUT2D eigenvalue weighted by Crippen LogP contribution is 2.29. The Hall–Kier alpha value is -3.93. The van der Waals surface area contributed by atoms with Crippen molar-refractivity contribution in [1.29, 1.82) is 0 Å². The number of carbonyl (C=O) groups is 2. The summed E-state index contributed by atoms with van der Waals surface area (Å²) in [5.41, 5.74) is 6.98. The third kappa shape index (κ3) is 4.19. The molecular formula is C25H24N4O2. The van der Waals surface area contributed by atoms with E-state index in [1.54, 1.807) is 37.4 Å². The molecule has 31 heavy (non-hydrogen) atoms. The number of hydrogen-bond acceptors (Lipinski definition) is 3. The molecule has 2 amide bonds. The maximum atomic E-state index is 12.3. The van der Waals surface area contributed by atoms with Crippen LogP contribution in [0.2, 0.25) is 0 Å². The van der Waals surface area contributed by atoms with Gasteiger partial charge in [-0.2, -0.15) is 5.10 Å². The number of fused-ring (bicyclic) bond motifs is 3. The highest BCUT2D eigenvalue weighted by Gasteiger charge is 2.09. The molecule has 0 aliphatic rings. The number of benzene rings is 3. The first-order valence-corrected chi connectivity index (χ1v) is 10.3. The molecule has 0 radical (unpaired) electrons. The van der Waals surface area contributed by atoms with Crippen LogP contribution in [0.5, 0.6) is 0 Å². The van der Waals surface area contributed by atoms with Gasteiger partial charge in [-0.1, -0.05) is 31.2 Å². The van der Waals surface area contributed by atoms with Gasteiger partial charge >= 0.3 is 0 Å². The van der Waals surface area contributed by atoms with Gasteiger partial charge in [-0.25, -0.2) is 5.43 Å². The number of amides is 2. The van der Waals surface area contributed by atoms with Crippen molar-refractivity contribution in [2.45, 2.75) is 26.8 Å². The van der Waals surface area contributed by atoms with Crippen molar-refractivity contribution >= 4 is 45.5 Å². The largest absolute Gasteiger partial charge is 0.341 e. The second-order valence-electron chi connectivity index (χ2n) is 7.22. The molecule has 6 nitrogen and oxygen atoms in total. The van der Waals surface area contributed by atoms with Gasteiger partial charge in [0.25, 0.3) is 5.91 Å². The fraction of sp³-hybridized carbons (Fsp3) is 0.160. The van der Waals surface area contributed by atoms with Crippen LogP contribution in [-0.4, -0.2) is 22.6 Å². The summed E-state index contributed by atoms with van der Waals surface area (Å²) in [6.45, 7) is 4.82. The van der Waals surface area contributed by atoms with E-state index < -0.39 is 0 Å². The molecule has 0 atom stereocenters. The van der Waals surface area contributed by atoms with Crippen LogP contribution >= 0.6 is 0 Å². The smallest absolute Gasteiger partial charge is 0.271 e. The molecule has 4 rings (SSSR count). The topological polar surface area (TPSA) is 75.5 Å². The van der Waals surface area contributed by atoms with E-state index in [0.717, 1.165) is 17.5 Å². The minimum Gasteiger partial charge on any atom is -0.341 e. The maximum absolute atomic E-state index is 12.3. The summed E-state index contributed by atoms with van der Waals surface area (Å²) < 4.78 is 2.29. The Morgan fingerprint density at radius 2 is 1.68 bits per heavy atom. The van der Waals surface area contributed by atoms with E-state index in [2.05, 4.69) is 57.7 Å². The molecule has 0 aliphatic heterocycles. The van der Waals surface area contributed by atoms with Crippen molar-refractivity contribution in [3.63, 3.8) is 0 Å². The first kappa shape index (κ1) is 20.3. The van der Waals surface area contributed by atoms with E-state index in [0.29, 0.717) is 17.7 Å². The molecule has 1 aromatic heterocycles. The molecule has 1 heterocycles. The molecule has 4 aromatic rings. The summed E-state index contributed by atoms with van der Waals surface area (Å²) >= 11 is 0. The van der Waals surface area contributed by atoms with Gasteiger partial charge in [-0.05, 0) is 55.0 Å². The monoisotopic (exact) mass is 412 g/mol. The second kappa shape index (κ2) is 8.83. The zero-order chi connectivity index (χ0) is 21.8. The predicted molar refractivity (Wildman–Crippen MR) is 126 cm³/mol. The van der Waals surface area contributed by atoms with Gasteiger partial charge in [0.2, 0.25) is 5.91 Å². The Morgan fingerprint density at radius 1 is 0.935 bits per heavy atom. The van der Waals surface area contributed by atoms with Crippen molar-refractivity contribution in [2.75, 3.05) is 5.32 Å². The van der Waals surface area contributed by atoms with E-state index in [1.807, 2.05) is 12.1 Å². The Bertz CT molecular complexity index is 1290. The van der Waals surface area contributed by atoms with E-state index >= 15 is 0 Å². The average molecular weight is 412 g/mol. The molecule has 0 aliphatic carbocycles. The fourth-order valence-electron chi connectivity index (χ4n) is 3.68. The zero-order valence-electron chi connectivity index (χ0n) is 17.6. The summed E-state index contributed by atoms with van der Waals surface area (Å²) in [4.78, 5) is 23.8. The van der Waals surface area contributed by atoms with Crippen molar-refractivity contribution in [1.82, 2.24) is 9.99 Å². The SMILES string of the molecule is CCC(=O)Nc1ccc(C(=O)N/N=C/c2ccc3c(c2)c2ccccc2n3CC)cc1. The van der Waals surface area contributed by atoms with Crippen molar-refractivity contribution in [2.24, 2.45) is 5.10 Å². The second-order valence-corrected chi connectivity index (χ2v) is 7.22. The Balaban J connectivity index is 1.49. The standard InChI is InChI=1S/C25H24N4O2/c1-3-24(30)27-19-12-10-18(11-13-19)25(31)28-26-16-17-9-14-23-21(15-17)20-7-5-6-8-22(20)29(23)4-2/h5-16H,3-4H2,1-2H3,(H,27,30)(H,28,31)/b26-16+. The van der Waals surface area contributed by atoms with E-state index in [1.165, 1.54) is 16.4 Å². The quantitative estimate of drug-likeness (QED) is 0.348. The number of hydrogen-bond donors (Lipinski definition) is 2. The predicted octanol–water partition coefficient (Wildman–Crippen LogP) is 4.93. The normalized spacial score (nSPS) is 11.3. The maximum Gasteiger partial charge on any atom is 0.271 e. The number of aromatic nitrogens is 1. The lowest BCUT2D eigenvalue weighted by atomic mass is 10.1. The molecule has 156 valence electrons. The molecule has 2 N–H and O–H groups in total. The minimum atomic E-state index is -0.312. The number of rotatable bonds is 6. The van der Waals surface area contributed by atoms with Crippen LogP contribution in [0.3, 0.4) is 0 Å².